The smallest absolute Gasteiger partial charge is 0.306 e. The van der Waals surface area contributed by atoms with E-state index in [1.54, 1.807) is 0 Å². The Labute approximate surface area is 120 Å². The van der Waals surface area contributed by atoms with Crippen molar-refractivity contribution >= 4 is 28.6 Å². The van der Waals surface area contributed by atoms with Crippen molar-refractivity contribution in [3.05, 3.63) is 0 Å². The van der Waals surface area contributed by atoms with Crippen LogP contribution in [0.1, 0.15) is 12.8 Å². The molecule has 1 aliphatic rings. The summed E-state index contributed by atoms with van der Waals surface area (Å²) in [7, 11) is -0.735. The first-order chi connectivity index (χ1) is 8.41. The molecule has 0 aromatic rings. The summed E-state index contributed by atoms with van der Waals surface area (Å²) in [4.78, 5) is 11.0. The van der Waals surface area contributed by atoms with Crippen molar-refractivity contribution in [2.45, 2.75) is 12.8 Å². The highest BCUT2D eigenvalue weighted by Crippen LogP contribution is 2.20. The molecular formula is C10H22ClN3O4S. The molecule has 19 heavy (non-hydrogen) atoms. The van der Waals surface area contributed by atoms with Gasteiger partial charge in [0.05, 0.1) is 13.5 Å². The van der Waals surface area contributed by atoms with Crippen molar-refractivity contribution in [3.8, 4) is 0 Å². The fourth-order valence-corrected chi connectivity index (χ4v) is 3.31. The molecule has 0 aromatic carbocycles. The minimum Gasteiger partial charge on any atom is -0.469 e. The SMILES string of the molecule is COC(=O)CCN(C)S(=O)(=O)N1CCC(CN)C1.Cl. The number of nitrogens with zero attached hydrogens (tertiary/aromatic N) is 2. The molecule has 0 aliphatic carbocycles. The van der Waals surface area contributed by atoms with Crippen molar-refractivity contribution in [3.63, 3.8) is 0 Å². The predicted molar refractivity (Wildman–Crippen MR) is 74.2 cm³/mol. The highest BCUT2D eigenvalue weighted by molar-refractivity contribution is 7.86. The van der Waals surface area contributed by atoms with Gasteiger partial charge in [-0.3, -0.25) is 4.79 Å². The Balaban J connectivity index is 0.00000324. The second-order valence-corrected chi connectivity index (χ2v) is 6.44. The Morgan fingerprint density at radius 3 is 2.63 bits per heavy atom. The molecule has 2 N–H and O–H groups in total. The van der Waals surface area contributed by atoms with E-state index in [1.165, 1.54) is 22.8 Å². The van der Waals surface area contributed by atoms with Crippen LogP contribution in [0.15, 0.2) is 0 Å². The molecule has 0 spiro atoms. The minimum absolute atomic E-state index is 0. The Morgan fingerprint density at radius 1 is 1.53 bits per heavy atom. The van der Waals surface area contributed by atoms with Gasteiger partial charge in [-0.05, 0) is 18.9 Å². The van der Waals surface area contributed by atoms with Gasteiger partial charge in [-0.25, -0.2) is 0 Å². The molecule has 0 saturated carbocycles. The van der Waals surface area contributed by atoms with Crippen LogP contribution in [0.2, 0.25) is 0 Å². The summed E-state index contributed by atoms with van der Waals surface area (Å²) < 4.78 is 31.4. The number of hydrogen-bond donors (Lipinski definition) is 1. The lowest BCUT2D eigenvalue weighted by Crippen LogP contribution is -2.41. The number of nitrogens with two attached hydrogens (primary N) is 1. The minimum atomic E-state index is -3.48. The molecule has 1 unspecified atom stereocenters. The third-order valence-corrected chi connectivity index (χ3v) is 5.12. The zero-order valence-electron chi connectivity index (χ0n) is 11.2. The van der Waals surface area contributed by atoms with E-state index in [-0.39, 0.29) is 31.3 Å². The highest BCUT2D eigenvalue weighted by Gasteiger charge is 2.33. The average Bonchev–Trinajstić information content (AvgIpc) is 2.84. The average molecular weight is 316 g/mol. The van der Waals surface area contributed by atoms with Crippen LogP contribution >= 0.6 is 12.4 Å². The summed E-state index contributed by atoms with van der Waals surface area (Å²) in [6.45, 7) is 1.57. The Hall–Kier alpha value is -0.410. The standard InChI is InChI=1S/C10H21N3O4S.ClH/c1-12(5-4-10(14)17-2)18(15,16)13-6-3-9(7-11)8-13;/h9H,3-8,11H2,1-2H3;1H. The third kappa shape index (κ3) is 4.88. The van der Waals surface area contributed by atoms with Gasteiger partial charge in [0.25, 0.3) is 10.2 Å². The van der Waals surface area contributed by atoms with Crippen molar-refractivity contribution < 1.29 is 17.9 Å². The topological polar surface area (TPSA) is 92.9 Å². The maximum Gasteiger partial charge on any atom is 0.306 e. The molecule has 0 bridgehead atoms. The van der Waals surface area contributed by atoms with E-state index in [4.69, 9.17) is 5.73 Å². The predicted octanol–water partition coefficient (Wildman–Crippen LogP) is -0.571. The molecule has 114 valence electrons. The molecular weight excluding hydrogens is 294 g/mol. The van der Waals surface area contributed by atoms with E-state index in [2.05, 4.69) is 4.74 Å². The first kappa shape index (κ1) is 18.6. The molecule has 1 heterocycles. The zero-order valence-corrected chi connectivity index (χ0v) is 12.9. The number of rotatable bonds is 6. The zero-order chi connectivity index (χ0) is 13.8. The number of halogens is 1. The van der Waals surface area contributed by atoms with Gasteiger partial charge in [0.15, 0.2) is 0 Å². The van der Waals surface area contributed by atoms with Gasteiger partial charge >= 0.3 is 5.97 Å². The number of hydrogen-bond acceptors (Lipinski definition) is 5. The normalized spacial score (nSPS) is 20.3. The lowest BCUT2D eigenvalue weighted by molar-refractivity contribution is -0.140. The molecule has 1 aliphatic heterocycles. The summed E-state index contributed by atoms with van der Waals surface area (Å²) in [5, 5.41) is 0. The molecule has 1 fully saturated rings. The van der Waals surface area contributed by atoms with Gasteiger partial charge in [-0.15, -0.1) is 12.4 Å². The number of esters is 1. The van der Waals surface area contributed by atoms with Crippen LogP contribution in [0.5, 0.6) is 0 Å². The molecule has 7 nitrogen and oxygen atoms in total. The second kappa shape index (κ2) is 8.01. The van der Waals surface area contributed by atoms with Gasteiger partial charge < -0.3 is 10.5 Å². The van der Waals surface area contributed by atoms with Gasteiger partial charge in [-0.2, -0.15) is 17.0 Å². The third-order valence-electron chi connectivity index (χ3n) is 3.16. The number of carbonyl (C=O) groups is 1. The van der Waals surface area contributed by atoms with Gasteiger partial charge in [-0.1, -0.05) is 0 Å². The summed E-state index contributed by atoms with van der Waals surface area (Å²) >= 11 is 0. The molecule has 0 radical (unpaired) electrons. The molecule has 1 atom stereocenters. The lowest BCUT2D eigenvalue weighted by atomic mass is 10.1. The van der Waals surface area contributed by atoms with Crippen molar-refractivity contribution in [2.75, 3.05) is 40.3 Å². The van der Waals surface area contributed by atoms with Crippen LogP contribution < -0.4 is 5.73 Å². The molecule has 1 rings (SSSR count). The fraction of sp³-hybridized carbons (Fsp3) is 0.900. The van der Waals surface area contributed by atoms with E-state index in [0.29, 0.717) is 19.6 Å². The van der Waals surface area contributed by atoms with E-state index in [9.17, 15) is 13.2 Å². The van der Waals surface area contributed by atoms with Crippen LogP contribution in [0, 0.1) is 5.92 Å². The van der Waals surface area contributed by atoms with Crippen LogP contribution in [-0.4, -0.2) is 63.3 Å². The van der Waals surface area contributed by atoms with Crippen LogP contribution in [-0.2, 0) is 19.7 Å². The first-order valence-electron chi connectivity index (χ1n) is 5.90. The second-order valence-electron chi connectivity index (χ2n) is 4.40. The summed E-state index contributed by atoms with van der Waals surface area (Å²) in [6.07, 6.45) is 0.848. The number of methoxy groups -OCH3 is 1. The largest absolute Gasteiger partial charge is 0.469 e. The Kier molecular flexibility index (Phi) is 7.83. The molecule has 1 saturated heterocycles. The summed E-state index contributed by atoms with van der Waals surface area (Å²) in [6, 6.07) is 0. The van der Waals surface area contributed by atoms with Crippen LogP contribution in [0.3, 0.4) is 0 Å². The number of ether oxygens (including phenoxy) is 1. The quantitative estimate of drug-likeness (QED) is 0.663. The van der Waals surface area contributed by atoms with Crippen LogP contribution in [0.25, 0.3) is 0 Å². The van der Waals surface area contributed by atoms with Gasteiger partial charge in [0.2, 0.25) is 0 Å². The maximum atomic E-state index is 12.2. The summed E-state index contributed by atoms with van der Waals surface area (Å²) in [5.74, 6) is -0.188. The molecule has 9 heteroatoms. The highest BCUT2D eigenvalue weighted by atomic mass is 35.5. The van der Waals surface area contributed by atoms with Crippen LogP contribution in [0.4, 0.5) is 0 Å². The molecule has 0 aromatic heterocycles. The van der Waals surface area contributed by atoms with Crippen molar-refractivity contribution in [1.29, 1.82) is 0 Å². The van der Waals surface area contributed by atoms with Crippen molar-refractivity contribution in [2.24, 2.45) is 11.7 Å². The van der Waals surface area contributed by atoms with E-state index in [1.807, 2.05) is 0 Å². The number of carbonyl (C=O) groups excluding carboxylic acids is 1. The monoisotopic (exact) mass is 315 g/mol. The van der Waals surface area contributed by atoms with Gasteiger partial charge in [0, 0.05) is 26.7 Å². The van der Waals surface area contributed by atoms with Crippen molar-refractivity contribution in [1.82, 2.24) is 8.61 Å². The Bertz CT molecular complexity index is 390. The van der Waals surface area contributed by atoms with E-state index in [0.717, 1.165) is 6.42 Å². The van der Waals surface area contributed by atoms with E-state index >= 15 is 0 Å². The summed E-state index contributed by atoms with van der Waals surface area (Å²) in [5.41, 5.74) is 5.54. The fourth-order valence-electron chi connectivity index (χ4n) is 1.86. The molecule has 0 amide bonds. The lowest BCUT2D eigenvalue weighted by Gasteiger charge is -2.23. The maximum absolute atomic E-state index is 12.2. The van der Waals surface area contributed by atoms with Gasteiger partial charge in [0.1, 0.15) is 0 Å². The Morgan fingerprint density at radius 2 is 2.16 bits per heavy atom. The van der Waals surface area contributed by atoms with E-state index < -0.39 is 16.2 Å². The first-order valence-corrected chi connectivity index (χ1v) is 7.29.